The average molecular weight is 283 g/mol. The van der Waals surface area contributed by atoms with Gasteiger partial charge in [0.2, 0.25) is 11.0 Å². The quantitative estimate of drug-likeness (QED) is 0.838. The van der Waals surface area contributed by atoms with Gasteiger partial charge in [-0.25, -0.2) is 0 Å². The van der Waals surface area contributed by atoms with Crippen molar-refractivity contribution in [3.8, 4) is 0 Å². The molecule has 1 heterocycles. The number of carboxylic acids is 1. The Hall–Kier alpha value is -1.38. The van der Waals surface area contributed by atoms with Gasteiger partial charge in [0.1, 0.15) is 0 Å². The van der Waals surface area contributed by atoms with Crippen LogP contribution in [0.1, 0.15) is 25.6 Å². The van der Waals surface area contributed by atoms with E-state index in [0.717, 1.165) is 0 Å². The molecule has 0 bridgehead atoms. The van der Waals surface area contributed by atoms with Crippen LogP contribution < -0.4 is 5.32 Å². The lowest BCUT2D eigenvalue weighted by atomic mass is 10.1. The molecule has 1 aromatic heterocycles. The molecule has 9 heteroatoms. The number of halogens is 3. The van der Waals surface area contributed by atoms with E-state index in [4.69, 9.17) is 5.11 Å². The minimum atomic E-state index is -4.54. The van der Waals surface area contributed by atoms with Crippen molar-refractivity contribution in [3.05, 3.63) is 5.82 Å². The summed E-state index contributed by atoms with van der Waals surface area (Å²) < 4.78 is 39.8. The van der Waals surface area contributed by atoms with E-state index in [9.17, 15) is 18.0 Å². The van der Waals surface area contributed by atoms with Crippen molar-refractivity contribution < 1.29 is 23.1 Å². The molecule has 0 spiro atoms. The summed E-state index contributed by atoms with van der Waals surface area (Å²) in [4.78, 5) is 13.6. The fraction of sp³-hybridized carbons (Fsp3) is 0.667. The van der Waals surface area contributed by atoms with Gasteiger partial charge in [0.15, 0.2) is 0 Å². The molecule has 5 nitrogen and oxygen atoms in total. The van der Waals surface area contributed by atoms with Gasteiger partial charge >= 0.3 is 12.1 Å². The zero-order valence-electron chi connectivity index (χ0n) is 9.49. The maximum Gasteiger partial charge on any atom is 0.452 e. The van der Waals surface area contributed by atoms with Gasteiger partial charge in [0.25, 0.3) is 0 Å². The topological polar surface area (TPSA) is 75.1 Å². The molecule has 102 valence electrons. The molecule has 1 rings (SSSR count). The highest BCUT2D eigenvalue weighted by atomic mass is 32.1. The van der Waals surface area contributed by atoms with Crippen LogP contribution in [-0.4, -0.2) is 27.0 Å². The van der Waals surface area contributed by atoms with Crippen molar-refractivity contribution in [1.29, 1.82) is 0 Å². The van der Waals surface area contributed by atoms with E-state index in [0.29, 0.717) is 24.5 Å². The van der Waals surface area contributed by atoms with Gasteiger partial charge in [-0.2, -0.15) is 22.5 Å². The number of alkyl halides is 3. The molecule has 1 unspecified atom stereocenters. The first-order valence-corrected chi connectivity index (χ1v) is 5.93. The second-order valence-electron chi connectivity index (χ2n) is 3.84. The molecular formula is C9H12F3N3O2S. The van der Waals surface area contributed by atoms with Crippen LogP contribution in [0, 0.1) is 5.92 Å². The second-order valence-corrected chi connectivity index (χ2v) is 4.59. The number of nitrogens with zero attached hydrogens (tertiary/aromatic N) is 2. The predicted octanol–water partition coefficient (Wildman–Crippen LogP) is 2.47. The van der Waals surface area contributed by atoms with Gasteiger partial charge in [-0.3, -0.25) is 4.79 Å². The SMILES string of the molecule is CC(CCC(=O)O)CNc1nc(C(F)(F)F)ns1. The van der Waals surface area contributed by atoms with E-state index >= 15 is 0 Å². The lowest BCUT2D eigenvalue weighted by Gasteiger charge is -2.09. The number of hydrogen-bond donors (Lipinski definition) is 2. The number of carboxylic acid groups (broad SMARTS) is 1. The van der Waals surface area contributed by atoms with E-state index in [1.165, 1.54) is 0 Å². The largest absolute Gasteiger partial charge is 0.481 e. The third kappa shape index (κ3) is 4.86. The zero-order valence-corrected chi connectivity index (χ0v) is 10.3. The summed E-state index contributed by atoms with van der Waals surface area (Å²) in [5.41, 5.74) is 0. The molecule has 0 aliphatic carbocycles. The Morgan fingerprint density at radius 1 is 1.56 bits per heavy atom. The zero-order chi connectivity index (χ0) is 13.8. The minimum Gasteiger partial charge on any atom is -0.481 e. The van der Waals surface area contributed by atoms with Crippen LogP contribution in [0.3, 0.4) is 0 Å². The van der Waals surface area contributed by atoms with Gasteiger partial charge in [-0.05, 0) is 12.3 Å². The number of nitrogens with one attached hydrogen (secondary N) is 1. The van der Waals surface area contributed by atoms with Crippen molar-refractivity contribution in [1.82, 2.24) is 9.36 Å². The molecule has 0 saturated heterocycles. The van der Waals surface area contributed by atoms with Gasteiger partial charge in [0.05, 0.1) is 0 Å². The Bertz CT molecular complexity index is 408. The van der Waals surface area contributed by atoms with E-state index in [2.05, 4.69) is 14.7 Å². The fourth-order valence-corrected chi connectivity index (χ4v) is 1.74. The monoisotopic (exact) mass is 283 g/mol. The van der Waals surface area contributed by atoms with E-state index in [-0.39, 0.29) is 17.5 Å². The molecular weight excluding hydrogens is 271 g/mol. The summed E-state index contributed by atoms with van der Waals surface area (Å²) >= 11 is 0.634. The van der Waals surface area contributed by atoms with Crippen LogP contribution in [0.25, 0.3) is 0 Å². The summed E-state index contributed by atoms with van der Waals surface area (Å²) in [5, 5.41) is 11.3. The van der Waals surface area contributed by atoms with Gasteiger partial charge < -0.3 is 10.4 Å². The number of hydrogen-bond acceptors (Lipinski definition) is 5. The van der Waals surface area contributed by atoms with Crippen molar-refractivity contribution in [2.45, 2.75) is 25.9 Å². The minimum absolute atomic E-state index is 0.0272. The first-order chi connectivity index (χ1) is 8.29. The lowest BCUT2D eigenvalue weighted by Crippen LogP contribution is -2.13. The third-order valence-electron chi connectivity index (χ3n) is 2.13. The molecule has 0 fully saturated rings. The average Bonchev–Trinajstić information content (AvgIpc) is 2.71. The molecule has 0 saturated carbocycles. The van der Waals surface area contributed by atoms with E-state index in [1.54, 1.807) is 0 Å². The standard InChI is InChI=1S/C9H12F3N3O2S/c1-5(2-3-6(16)17)4-13-8-14-7(15-18-8)9(10,11)12/h5H,2-4H2,1H3,(H,16,17)(H,13,14,15). The first-order valence-electron chi connectivity index (χ1n) is 5.15. The van der Waals surface area contributed by atoms with Crippen LogP contribution in [0.4, 0.5) is 18.3 Å². The Morgan fingerprint density at radius 2 is 2.22 bits per heavy atom. The molecule has 0 amide bonds. The molecule has 0 aromatic carbocycles. The Labute approximate surface area is 105 Å². The van der Waals surface area contributed by atoms with Crippen molar-refractivity contribution >= 4 is 22.6 Å². The summed E-state index contributed by atoms with van der Waals surface area (Å²) in [6.45, 7) is 2.17. The Kier molecular flexibility index (Phi) is 4.88. The summed E-state index contributed by atoms with van der Waals surface area (Å²) in [7, 11) is 0. The second kappa shape index (κ2) is 5.98. The highest BCUT2D eigenvalue weighted by Crippen LogP contribution is 2.28. The van der Waals surface area contributed by atoms with Crippen LogP contribution in [-0.2, 0) is 11.0 Å². The fourth-order valence-electron chi connectivity index (χ4n) is 1.14. The van der Waals surface area contributed by atoms with Crippen LogP contribution >= 0.6 is 11.5 Å². The van der Waals surface area contributed by atoms with Gasteiger partial charge in [0, 0.05) is 24.5 Å². The molecule has 1 aromatic rings. The maximum atomic E-state index is 12.2. The lowest BCUT2D eigenvalue weighted by molar-refractivity contribution is -0.144. The molecule has 0 aliphatic rings. The van der Waals surface area contributed by atoms with Crippen molar-refractivity contribution in [2.24, 2.45) is 5.92 Å². The number of anilines is 1. The third-order valence-corrected chi connectivity index (χ3v) is 2.81. The molecule has 0 radical (unpaired) electrons. The first kappa shape index (κ1) is 14.7. The van der Waals surface area contributed by atoms with E-state index < -0.39 is 18.0 Å². The number of aliphatic carboxylic acids is 1. The molecule has 1 atom stereocenters. The normalized spacial score (nSPS) is 13.3. The van der Waals surface area contributed by atoms with Gasteiger partial charge in [-0.1, -0.05) is 6.92 Å². The summed E-state index contributed by atoms with van der Waals surface area (Å²) in [5.74, 6) is -2.02. The maximum absolute atomic E-state index is 12.2. The molecule has 2 N–H and O–H groups in total. The van der Waals surface area contributed by atoms with Crippen molar-refractivity contribution in [2.75, 3.05) is 11.9 Å². The Balaban J connectivity index is 2.39. The highest BCUT2D eigenvalue weighted by molar-refractivity contribution is 7.09. The summed E-state index contributed by atoms with van der Waals surface area (Å²) in [6.07, 6.45) is -4.05. The van der Waals surface area contributed by atoms with E-state index in [1.807, 2.05) is 6.92 Å². The predicted molar refractivity (Wildman–Crippen MR) is 59.4 cm³/mol. The Morgan fingerprint density at radius 3 is 2.72 bits per heavy atom. The highest BCUT2D eigenvalue weighted by Gasteiger charge is 2.36. The number of aromatic nitrogens is 2. The van der Waals surface area contributed by atoms with Crippen LogP contribution in [0.5, 0.6) is 0 Å². The van der Waals surface area contributed by atoms with Crippen LogP contribution in [0.15, 0.2) is 0 Å². The number of rotatable bonds is 6. The van der Waals surface area contributed by atoms with Gasteiger partial charge in [-0.15, -0.1) is 0 Å². The van der Waals surface area contributed by atoms with Crippen molar-refractivity contribution in [3.63, 3.8) is 0 Å². The molecule has 0 aliphatic heterocycles. The molecule has 18 heavy (non-hydrogen) atoms. The number of carbonyl (C=O) groups is 1. The smallest absolute Gasteiger partial charge is 0.452 e. The summed E-state index contributed by atoms with van der Waals surface area (Å²) in [6, 6.07) is 0. The van der Waals surface area contributed by atoms with Crippen LogP contribution in [0.2, 0.25) is 0 Å².